The van der Waals surface area contributed by atoms with Crippen molar-refractivity contribution in [2.45, 2.75) is 13.5 Å². The van der Waals surface area contributed by atoms with Gasteiger partial charge in [0.1, 0.15) is 5.82 Å². The van der Waals surface area contributed by atoms with Gasteiger partial charge in [0.25, 0.3) is 0 Å². The Kier molecular flexibility index (Phi) is 4.50. The molecule has 0 saturated carbocycles. The van der Waals surface area contributed by atoms with E-state index in [4.69, 9.17) is 0 Å². The molecule has 3 heteroatoms. The molecule has 0 fully saturated rings. The first-order valence-corrected chi connectivity index (χ1v) is 6.75. The van der Waals surface area contributed by atoms with Crippen LogP contribution < -0.4 is 5.32 Å². The van der Waals surface area contributed by atoms with E-state index in [-0.39, 0.29) is 5.82 Å². The lowest BCUT2D eigenvalue weighted by molar-refractivity contribution is 0.622. The first-order valence-electron chi connectivity index (χ1n) is 5.96. The molecule has 2 rings (SSSR count). The summed E-state index contributed by atoms with van der Waals surface area (Å²) in [6.07, 6.45) is 0. The molecule has 94 valence electrons. The number of hydrogen-bond acceptors (Lipinski definition) is 1. The van der Waals surface area contributed by atoms with Gasteiger partial charge in [0.15, 0.2) is 0 Å². The zero-order chi connectivity index (χ0) is 13.0. The molecule has 2 aromatic carbocycles. The van der Waals surface area contributed by atoms with Gasteiger partial charge in [-0.05, 0) is 47.5 Å². The monoisotopic (exact) mass is 307 g/mol. The summed E-state index contributed by atoms with van der Waals surface area (Å²) < 4.78 is 14.4. The molecule has 0 aliphatic carbocycles. The summed E-state index contributed by atoms with van der Waals surface area (Å²) in [4.78, 5) is 0. The summed E-state index contributed by atoms with van der Waals surface area (Å²) in [6.45, 7) is 3.59. The van der Waals surface area contributed by atoms with Crippen LogP contribution in [0.25, 0.3) is 11.1 Å². The maximum atomic E-state index is 13.3. The predicted molar refractivity (Wildman–Crippen MR) is 76.9 cm³/mol. The Morgan fingerprint density at radius 1 is 1.17 bits per heavy atom. The maximum Gasteiger partial charge on any atom is 0.123 e. The number of benzene rings is 2. The molecule has 0 bridgehead atoms. The van der Waals surface area contributed by atoms with Crippen LogP contribution in [0.1, 0.15) is 12.5 Å². The van der Waals surface area contributed by atoms with E-state index in [2.05, 4.69) is 21.2 Å². The average molecular weight is 308 g/mol. The van der Waals surface area contributed by atoms with Crippen molar-refractivity contribution in [3.63, 3.8) is 0 Å². The van der Waals surface area contributed by atoms with Gasteiger partial charge in [0.05, 0.1) is 0 Å². The Hall–Kier alpha value is -1.19. The van der Waals surface area contributed by atoms with Crippen LogP contribution in [0.5, 0.6) is 0 Å². The predicted octanol–water partition coefficient (Wildman–Crippen LogP) is 4.36. The van der Waals surface area contributed by atoms with E-state index in [9.17, 15) is 4.39 Å². The lowest BCUT2D eigenvalue weighted by atomic mass is 9.99. The molecule has 0 aliphatic heterocycles. The summed E-state index contributed by atoms with van der Waals surface area (Å²) >= 11 is 3.46. The third-order valence-electron chi connectivity index (χ3n) is 2.77. The van der Waals surface area contributed by atoms with Crippen molar-refractivity contribution in [1.82, 2.24) is 5.32 Å². The molecule has 0 amide bonds. The lowest BCUT2D eigenvalue weighted by Gasteiger charge is -2.11. The van der Waals surface area contributed by atoms with Crippen LogP contribution in [0.4, 0.5) is 4.39 Å². The van der Waals surface area contributed by atoms with Crippen molar-refractivity contribution in [1.29, 1.82) is 0 Å². The molecule has 2 aromatic rings. The fourth-order valence-corrected chi connectivity index (χ4v) is 2.31. The Morgan fingerprint density at radius 2 is 2.00 bits per heavy atom. The molecule has 0 radical (unpaired) electrons. The quantitative estimate of drug-likeness (QED) is 0.884. The van der Waals surface area contributed by atoms with E-state index in [0.717, 1.165) is 27.7 Å². The highest BCUT2D eigenvalue weighted by Gasteiger charge is 2.06. The van der Waals surface area contributed by atoms with E-state index in [0.29, 0.717) is 6.54 Å². The summed E-state index contributed by atoms with van der Waals surface area (Å²) in [5.74, 6) is -0.193. The summed E-state index contributed by atoms with van der Waals surface area (Å²) in [7, 11) is 0. The van der Waals surface area contributed by atoms with E-state index >= 15 is 0 Å². The molecule has 0 spiro atoms. The summed E-state index contributed by atoms with van der Waals surface area (Å²) in [5.41, 5.74) is 3.14. The number of hydrogen-bond donors (Lipinski definition) is 1. The fraction of sp³-hybridized carbons (Fsp3) is 0.200. The maximum absolute atomic E-state index is 13.3. The van der Waals surface area contributed by atoms with Crippen LogP contribution in [0.3, 0.4) is 0 Å². The van der Waals surface area contributed by atoms with Gasteiger partial charge in [-0.25, -0.2) is 4.39 Å². The molecule has 0 aliphatic rings. The van der Waals surface area contributed by atoms with Crippen molar-refractivity contribution in [3.05, 3.63) is 58.3 Å². The van der Waals surface area contributed by atoms with Crippen LogP contribution in [0, 0.1) is 5.82 Å². The molecule has 1 N–H and O–H groups in total. The van der Waals surface area contributed by atoms with Gasteiger partial charge in [-0.2, -0.15) is 0 Å². The van der Waals surface area contributed by atoms with Crippen molar-refractivity contribution in [3.8, 4) is 11.1 Å². The minimum Gasteiger partial charge on any atom is -0.313 e. The molecule has 0 atom stereocenters. The van der Waals surface area contributed by atoms with Crippen LogP contribution in [0.2, 0.25) is 0 Å². The zero-order valence-electron chi connectivity index (χ0n) is 10.2. The van der Waals surface area contributed by atoms with E-state index in [1.807, 2.05) is 37.3 Å². The second-order valence-electron chi connectivity index (χ2n) is 4.09. The standard InChI is InChI=1S/C15H15BrFN/c1-2-18-10-12-9-14(17)6-7-15(12)11-4-3-5-13(16)8-11/h3-9,18H,2,10H2,1H3. The molecule has 0 heterocycles. The second-order valence-corrected chi connectivity index (χ2v) is 5.01. The molecule has 1 nitrogen and oxygen atoms in total. The van der Waals surface area contributed by atoms with Gasteiger partial charge in [-0.1, -0.05) is 41.1 Å². The number of halogens is 2. The number of nitrogens with one attached hydrogen (secondary N) is 1. The highest BCUT2D eigenvalue weighted by molar-refractivity contribution is 9.10. The normalized spacial score (nSPS) is 10.6. The van der Waals surface area contributed by atoms with E-state index in [1.165, 1.54) is 6.07 Å². The highest BCUT2D eigenvalue weighted by Crippen LogP contribution is 2.27. The second kappa shape index (κ2) is 6.12. The Labute approximate surface area is 115 Å². The van der Waals surface area contributed by atoms with Gasteiger partial charge >= 0.3 is 0 Å². The van der Waals surface area contributed by atoms with Crippen molar-refractivity contribution < 1.29 is 4.39 Å². The molecular weight excluding hydrogens is 293 g/mol. The number of rotatable bonds is 4. The van der Waals surface area contributed by atoms with Gasteiger partial charge in [0, 0.05) is 11.0 Å². The third-order valence-corrected chi connectivity index (χ3v) is 3.26. The fourth-order valence-electron chi connectivity index (χ4n) is 1.91. The SMILES string of the molecule is CCNCc1cc(F)ccc1-c1cccc(Br)c1. The van der Waals surface area contributed by atoms with Crippen molar-refractivity contribution in [2.24, 2.45) is 0 Å². The Bertz CT molecular complexity index is 540. The summed E-state index contributed by atoms with van der Waals surface area (Å²) in [5, 5.41) is 3.24. The molecule has 0 aromatic heterocycles. The zero-order valence-corrected chi connectivity index (χ0v) is 11.8. The smallest absolute Gasteiger partial charge is 0.123 e. The minimum absolute atomic E-state index is 0.193. The van der Waals surface area contributed by atoms with Gasteiger partial charge in [-0.3, -0.25) is 0 Å². The van der Waals surface area contributed by atoms with Gasteiger partial charge < -0.3 is 5.32 Å². The molecule has 0 unspecified atom stereocenters. The van der Waals surface area contributed by atoms with Crippen LogP contribution in [-0.2, 0) is 6.54 Å². The van der Waals surface area contributed by atoms with Crippen molar-refractivity contribution in [2.75, 3.05) is 6.54 Å². The minimum atomic E-state index is -0.193. The lowest BCUT2D eigenvalue weighted by Crippen LogP contribution is -2.12. The molecule has 0 saturated heterocycles. The highest BCUT2D eigenvalue weighted by atomic mass is 79.9. The van der Waals surface area contributed by atoms with Crippen molar-refractivity contribution >= 4 is 15.9 Å². The topological polar surface area (TPSA) is 12.0 Å². The van der Waals surface area contributed by atoms with Crippen LogP contribution >= 0.6 is 15.9 Å². The van der Waals surface area contributed by atoms with E-state index in [1.54, 1.807) is 6.07 Å². The molecular formula is C15H15BrFN. The first-order chi connectivity index (χ1) is 8.70. The molecule has 18 heavy (non-hydrogen) atoms. The Morgan fingerprint density at radius 3 is 2.72 bits per heavy atom. The Balaban J connectivity index is 2.42. The third kappa shape index (κ3) is 3.18. The van der Waals surface area contributed by atoms with E-state index < -0.39 is 0 Å². The average Bonchev–Trinajstić information content (AvgIpc) is 2.36. The van der Waals surface area contributed by atoms with Crippen LogP contribution in [-0.4, -0.2) is 6.54 Å². The first kappa shape index (κ1) is 13.2. The summed E-state index contributed by atoms with van der Waals surface area (Å²) in [6, 6.07) is 13.0. The van der Waals surface area contributed by atoms with Crippen LogP contribution in [0.15, 0.2) is 46.9 Å². The van der Waals surface area contributed by atoms with Gasteiger partial charge in [-0.15, -0.1) is 0 Å². The van der Waals surface area contributed by atoms with Gasteiger partial charge in [0.2, 0.25) is 0 Å². The largest absolute Gasteiger partial charge is 0.313 e.